The number of rotatable bonds is 7. The first-order valence-corrected chi connectivity index (χ1v) is 12.8. The van der Waals surface area contributed by atoms with Gasteiger partial charge in [0, 0.05) is 11.6 Å². The number of nitrogens with zero attached hydrogens (tertiary/aromatic N) is 2. The third-order valence-electron chi connectivity index (χ3n) is 5.77. The first-order valence-electron chi connectivity index (χ1n) is 11.3. The Morgan fingerprint density at radius 2 is 1.50 bits per heavy atom. The van der Waals surface area contributed by atoms with E-state index in [1.54, 1.807) is 22.9 Å². The van der Waals surface area contributed by atoms with Gasteiger partial charge in [0.2, 0.25) is 0 Å². The van der Waals surface area contributed by atoms with Crippen LogP contribution >= 0.6 is 0 Å². The molecule has 0 amide bonds. The molecule has 0 bridgehead atoms. The highest BCUT2D eigenvalue weighted by Gasteiger charge is 2.20. The maximum Gasteiger partial charge on any atom is 0.263 e. The van der Waals surface area contributed by atoms with Gasteiger partial charge >= 0.3 is 0 Å². The van der Waals surface area contributed by atoms with Crippen LogP contribution in [-0.4, -0.2) is 18.2 Å². The standard InChI is InChI=1S/C28H25N3O2S/c1-2-8-21-13-15-23(16-14-21)27-20-28(31(29-27)25-11-4-3-5-12-25)30-34(32,33)26-18-17-22-9-6-7-10-24(22)19-26/h3-7,9-20,30H,2,8H2,1H3. The number of nitrogens with one attached hydrogen (secondary N) is 1. The van der Waals surface area contributed by atoms with Gasteiger partial charge < -0.3 is 0 Å². The molecule has 0 aliphatic rings. The molecule has 0 radical (unpaired) electrons. The second-order valence-corrected chi connectivity index (χ2v) is 9.91. The Labute approximate surface area is 199 Å². The third kappa shape index (κ3) is 4.45. The fraction of sp³-hybridized carbons (Fsp3) is 0.107. The SMILES string of the molecule is CCCc1ccc(-c2cc(NS(=O)(=O)c3ccc4ccccc4c3)n(-c3ccccc3)n2)cc1. The van der Waals surface area contributed by atoms with Gasteiger partial charge in [0.1, 0.15) is 5.82 Å². The molecule has 1 N–H and O–H groups in total. The number of anilines is 1. The second kappa shape index (κ2) is 9.15. The largest absolute Gasteiger partial charge is 0.263 e. The second-order valence-electron chi connectivity index (χ2n) is 8.22. The summed E-state index contributed by atoms with van der Waals surface area (Å²) < 4.78 is 31.1. The third-order valence-corrected chi connectivity index (χ3v) is 7.12. The molecule has 6 heteroatoms. The topological polar surface area (TPSA) is 64.0 Å². The number of hydrogen-bond acceptors (Lipinski definition) is 3. The summed E-state index contributed by atoms with van der Waals surface area (Å²) in [5.74, 6) is 0.381. The van der Waals surface area contributed by atoms with E-state index >= 15 is 0 Å². The van der Waals surface area contributed by atoms with Gasteiger partial charge in [-0.05, 0) is 47.0 Å². The van der Waals surface area contributed by atoms with Crippen LogP contribution < -0.4 is 4.72 Å². The van der Waals surface area contributed by atoms with Gasteiger partial charge in [0.05, 0.1) is 16.3 Å². The zero-order chi connectivity index (χ0) is 23.5. The van der Waals surface area contributed by atoms with E-state index in [1.165, 1.54) is 5.56 Å². The Kier molecular flexibility index (Phi) is 5.90. The summed E-state index contributed by atoms with van der Waals surface area (Å²) in [5.41, 5.74) is 3.67. The van der Waals surface area contributed by atoms with E-state index in [9.17, 15) is 8.42 Å². The number of sulfonamides is 1. The van der Waals surface area contributed by atoms with Crippen LogP contribution in [0.25, 0.3) is 27.7 Å². The maximum absolute atomic E-state index is 13.3. The Balaban J connectivity index is 1.55. The number of aryl methyl sites for hydroxylation is 1. The Morgan fingerprint density at radius 1 is 0.794 bits per heavy atom. The fourth-order valence-corrected chi connectivity index (χ4v) is 5.09. The van der Waals surface area contributed by atoms with Gasteiger partial charge in [-0.1, -0.05) is 86.1 Å². The molecule has 1 aromatic heterocycles. The first kappa shape index (κ1) is 21.9. The minimum absolute atomic E-state index is 0.206. The molecule has 0 unspecified atom stereocenters. The zero-order valence-electron chi connectivity index (χ0n) is 18.8. The van der Waals surface area contributed by atoms with Crippen LogP contribution in [0.1, 0.15) is 18.9 Å². The van der Waals surface area contributed by atoms with Crippen LogP contribution in [0, 0.1) is 0 Å². The molecule has 1 heterocycles. The summed E-state index contributed by atoms with van der Waals surface area (Å²) in [6.07, 6.45) is 2.11. The number of fused-ring (bicyclic) bond motifs is 1. The molecular formula is C28H25N3O2S. The summed E-state index contributed by atoms with van der Waals surface area (Å²) in [5, 5.41) is 6.60. The summed E-state index contributed by atoms with van der Waals surface area (Å²) in [6.45, 7) is 2.16. The molecular weight excluding hydrogens is 442 g/mol. The lowest BCUT2D eigenvalue weighted by Gasteiger charge is -2.11. The number of benzene rings is 4. The monoisotopic (exact) mass is 467 g/mol. The van der Waals surface area contributed by atoms with Crippen molar-refractivity contribution < 1.29 is 8.42 Å². The van der Waals surface area contributed by atoms with E-state index in [-0.39, 0.29) is 4.90 Å². The normalized spacial score (nSPS) is 11.6. The van der Waals surface area contributed by atoms with Crippen LogP contribution in [0.5, 0.6) is 0 Å². The molecule has 5 aromatic rings. The van der Waals surface area contributed by atoms with Crippen molar-refractivity contribution in [1.82, 2.24) is 9.78 Å². The first-order chi connectivity index (χ1) is 16.5. The molecule has 4 aromatic carbocycles. The molecule has 0 atom stereocenters. The van der Waals surface area contributed by atoms with Gasteiger partial charge in [-0.25, -0.2) is 13.1 Å². The molecule has 0 saturated heterocycles. The highest BCUT2D eigenvalue weighted by Crippen LogP contribution is 2.28. The van der Waals surface area contributed by atoms with Gasteiger partial charge in [0.25, 0.3) is 10.0 Å². The number of hydrogen-bond donors (Lipinski definition) is 1. The Bertz CT molecular complexity index is 1540. The fourth-order valence-electron chi connectivity index (χ4n) is 4.02. The van der Waals surface area contributed by atoms with Crippen LogP contribution in [0.4, 0.5) is 5.82 Å². The van der Waals surface area contributed by atoms with E-state index in [0.29, 0.717) is 11.5 Å². The van der Waals surface area contributed by atoms with E-state index in [2.05, 4.69) is 23.8 Å². The average molecular weight is 468 g/mol. The molecule has 0 fully saturated rings. The summed E-state index contributed by atoms with van der Waals surface area (Å²) in [6, 6.07) is 32.4. The summed E-state index contributed by atoms with van der Waals surface area (Å²) in [7, 11) is -3.83. The summed E-state index contributed by atoms with van der Waals surface area (Å²) in [4.78, 5) is 0.206. The van der Waals surface area contributed by atoms with Crippen molar-refractivity contribution in [3.8, 4) is 16.9 Å². The quantitative estimate of drug-likeness (QED) is 0.299. The predicted octanol–water partition coefficient (Wildman–Crippen LogP) is 6.45. The van der Waals surface area contributed by atoms with Crippen molar-refractivity contribution in [2.75, 3.05) is 4.72 Å². The molecule has 0 spiro atoms. The van der Waals surface area contributed by atoms with Gasteiger partial charge in [-0.15, -0.1) is 0 Å². The van der Waals surface area contributed by atoms with Crippen molar-refractivity contribution in [2.45, 2.75) is 24.7 Å². The van der Waals surface area contributed by atoms with Crippen molar-refractivity contribution in [3.63, 3.8) is 0 Å². The van der Waals surface area contributed by atoms with E-state index in [1.807, 2.05) is 72.8 Å². The molecule has 5 rings (SSSR count). The average Bonchev–Trinajstić information content (AvgIpc) is 3.28. The minimum Gasteiger partial charge on any atom is -0.263 e. The van der Waals surface area contributed by atoms with Crippen molar-refractivity contribution in [1.29, 1.82) is 0 Å². The zero-order valence-corrected chi connectivity index (χ0v) is 19.7. The number of aromatic nitrogens is 2. The maximum atomic E-state index is 13.3. The Hall–Kier alpha value is -3.90. The van der Waals surface area contributed by atoms with Gasteiger partial charge in [-0.3, -0.25) is 4.72 Å². The van der Waals surface area contributed by atoms with E-state index in [4.69, 9.17) is 5.10 Å². The van der Waals surface area contributed by atoms with Crippen molar-refractivity contribution in [2.24, 2.45) is 0 Å². The molecule has 170 valence electrons. The van der Waals surface area contributed by atoms with Gasteiger partial charge in [-0.2, -0.15) is 5.10 Å². The highest BCUT2D eigenvalue weighted by atomic mass is 32.2. The molecule has 34 heavy (non-hydrogen) atoms. The summed E-state index contributed by atoms with van der Waals surface area (Å²) >= 11 is 0. The molecule has 0 saturated carbocycles. The van der Waals surface area contributed by atoms with Crippen molar-refractivity contribution >= 4 is 26.6 Å². The highest BCUT2D eigenvalue weighted by molar-refractivity contribution is 7.92. The molecule has 0 aliphatic carbocycles. The van der Waals surface area contributed by atoms with E-state index < -0.39 is 10.0 Å². The molecule has 5 nitrogen and oxygen atoms in total. The van der Waals surface area contributed by atoms with Crippen LogP contribution in [0.2, 0.25) is 0 Å². The van der Waals surface area contributed by atoms with Crippen molar-refractivity contribution in [3.05, 3.63) is 109 Å². The predicted molar refractivity (Wildman–Crippen MR) is 138 cm³/mol. The number of para-hydroxylation sites is 1. The molecule has 0 aliphatic heterocycles. The minimum atomic E-state index is -3.83. The lowest BCUT2D eigenvalue weighted by atomic mass is 10.1. The smallest absolute Gasteiger partial charge is 0.263 e. The van der Waals surface area contributed by atoms with Gasteiger partial charge in [0.15, 0.2) is 0 Å². The lowest BCUT2D eigenvalue weighted by molar-refractivity contribution is 0.601. The Morgan fingerprint density at radius 3 is 2.24 bits per heavy atom. The van der Waals surface area contributed by atoms with Crippen LogP contribution in [-0.2, 0) is 16.4 Å². The van der Waals surface area contributed by atoms with Crippen LogP contribution in [0.3, 0.4) is 0 Å². The lowest BCUT2D eigenvalue weighted by Crippen LogP contribution is -2.15. The van der Waals surface area contributed by atoms with Crippen LogP contribution in [0.15, 0.2) is 108 Å². The van der Waals surface area contributed by atoms with E-state index in [0.717, 1.165) is 34.9 Å².